The average molecular weight is 632 g/mol. The molecule has 2 heterocycles. The Labute approximate surface area is 252 Å². The summed E-state index contributed by atoms with van der Waals surface area (Å²) >= 11 is 6.42. The van der Waals surface area contributed by atoms with Crippen LogP contribution < -0.4 is 20.6 Å². The number of nitro groups is 1. The number of rotatable bonds is 7. The summed E-state index contributed by atoms with van der Waals surface area (Å²) in [5.74, 6) is -0.0802. The first-order valence-electron chi connectivity index (χ1n) is 12.8. The number of benzene rings is 4. The quantitative estimate of drug-likeness (QED) is 0.149. The molecule has 0 amide bonds. The van der Waals surface area contributed by atoms with Gasteiger partial charge in [-0.05, 0) is 59.3 Å². The van der Waals surface area contributed by atoms with E-state index in [9.17, 15) is 28.1 Å². The number of hydrogen-bond acceptors (Lipinski definition) is 8. The van der Waals surface area contributed by atoms with Gasteiger partial charge in [-0.1, -0.05) is 47.5 Å². The number of aromatic nitrogens is 4. The summed E-state index contributed by atoms with van der Waals surface area (Å²) in [6.07, 6.45) is 0. The fourth-order valence-electron chi connectivity index (χ4n) is 4.67. The van der Waals surface area contributed by atoms with Crippen LogP contribution in [-0.2, 0) is 10.0 Å². The van der Waals surface area contributed by atoms with E-state index in [1.54, 1.807) is 48.5 Å². The van der Waals surface area contributed by atoms with Crippen LogP contribution in [0.4, 0.5) is 11.4 Å². The molecule has 0 saturated heterocycles. The normalized spacial score (nSPS) is 11.5. The zero-order valence-electron chi connectivity index (χ0n) is 22.6. The van der Waals surface area contributed by atoms with Crippen LogP contribution in [0.3, 0.4) is 0 Å². The van der Waals surface area contributed by atoms with E-state index < -0.39 is 31.2 Å². The molecule has 0 aliphatic carbocycles. The van der Waals surface area contributed by atoms with Crippen LogP contribution in [0, 0.1) is 17.0 Å². The molecule has 0 fully saturated rings. The van der Waals surface area contributed by atoms with Gasteiger partial charge in [-0.2, -0.15) is 8.42 Å². The summed E-state index contributed by atoms with van der Waals surface area (Å²) in [5, 5.41) is 13.8. The molecule has 2 aromatic heterocycles. The lowest BCUT2D eigenvalue weighted by molar-refractivity contribution is -0.705. The van der Waals surface area contributed by atoms with Crippen molar-refractivity contribution in [3.8, 4) is 22.8 Å². The van der Waals surface area contributed by atoms with Crippen LogP contribution in [0.2, 0.25) is 5.02 Å². The molecule has 0 aliphatic rings. The van der Waals surface area contributed by atoms with Crippen molar-refractivity contribution in [2.75, 3.05) is 4.72 Å². The van der Waals surface area contributed by atoms with Crippen LogP contribution in [-0.4, -0.2) is 28.2 Å². The zero-order chi connectivity index (χ0) is 31.2. The molecule has 4 aromatic carbocycles. The van der Waals surface area contributed by atoms with Gasteiger partial charge in [-0.15, -0.1) is 0 Å². The van der Waals surface area contributed by atoms with Crippen molar-refractivity contribution in [2.45, 2.75) is 11.9 Å². The minimum absolute atomic E-state index is 0.00623. The van der Waals surface area contributed by atoms with Crippen LogP contribution >= 0.6 is 11.6 Å². The Balaban J connectivity index is 1.45. The number of aryl methyl sites for hydroxylation is 1. The van der Waals surface area contributed by atoms with Crippen molar-refractivity contribution < 1.29 is 22.5 Å². The first-order chi connectivity index (χ1) is 21.0. The van der Waals surface area contributed by atoms with Gasteiger partial charge in [-0.25, -0.2) is 9.78 Å². The molecule has 2 N–H and O–H groups in total. The molecule has 13 nitrogen and oxygen atoms in total. The number of para-hydroxylation sites is 1. The molecule has 0 unspecified atom stereocenters. The number of fused-ring (bicyclic) bond motifs is 1. The van der Waals surface area contributed by atoms with Crippen LogP contribution in [0.15, 0.2) is 110 Å². The summed E-state index contributed by atoms with van der Waals surface area (Å²) < 4.78 is 35.9. The van der Waals surface area contributed by atoms with Crippen molar-refractivity contribution in [3.63, 3.8) is 0 Å². The minimum Gasteiger partial charge on any atom is -0.281 e. The molecule has 0 radical (unpaired) electrons. The van der Waals surface area contributed by atoms with Gasteiger partial charge >= 0.3 is 20.7 Å². The molecular formula is C29H20ClN6O7S+. The lowest BCUT2D eigenvalue weighted by Gasteiger charge is -2.15. The van der Waals surface area contributed by atoms with Gasteiger partial charge in [0.25, 0.3) is 11.2 Å². The number of sulfonamides is 1. The molecule has 220 valence electrons. The molecule has 15 heteroatoms. The highest BCUT2D eigenvalue weighted by Gasteiger charge is 2.36. The molecule has 0 atom stereocenters. The third-order valence-corrected chi connectivity index (χ3v) is 8.40. The zero-order valence-corrected chi connectivity index (χ0v) is 24.2. The molecule has 44 heavy (non-hydrogen) atoms. The fraction of sp³-hybridized carbons (Fsp3) is 0.0345. The Morgan fingerprint density at radius 2 is 1.68 bits per heavy atom. The molecule has 0 saturated carbocycles. The molecule has 6 aromatic rings. The van der Waals surface area contributed by atoms with Gasteiger partial charge in [-0.3, -0.25) is 28.7 Å². The summed E-state index contributed by atoms with van der Waals surface area (Å²) in [5.41, 5.74) is -0.219. The van der Waals surface area contributed by atoms with Crippen LogP contribution in [0.25, 0.3) is 33.7 Å². The minimum atomic E-state index is -4.47. The third kappa shape index (κ3) is 5.01. The van der Waals surface area contributed by atoms with E-state index in [1.807, 2.05) is 6.92 Å². The van der Waals surface area contributed by atoms with E-state index in [0.717, 1.165) is 10.2 Å². The van der Waals surface area contributed by atoms with Gasteiger partial charge < -0.3 is 0 Å². The van der Waals surface area contributed by atoms with Crippen molar-refractivity contribution in [2.24, 2.45) is 0 Å². The van der Waals surface area contributed by atoms with Crippen LogP contribution in [0.5, 0.6) is 0 Å². The lowest BCUT2D eigenvalue weighted by atomic mass is 10.1. The highest BCUT2D eigenvalue weighted by Crippen LogP contribution is 2.36. The van der Waals surface area contributed by atoms with Gasteiger partial charge in [0, 0.05) is 23.9 Å². The summed E-state index contributed by atoms with van der Waals surface area (Å²) in [4.78, 5) is 42.0. The molecule has 0 spiro atoms. The second kappa shape index (κ2) is 10.9. The number of nitrogens with one attached hydrogen (secondary N) is 2. The number of hydrogen-bond donors (Lipinski definition) is 2. The SMILES string of the molecule is Cc1ccc(-[n+]2[nH]oc(=O)c2S(=O)(=O)Nc2ccc(-n3c(-c4c(Cl)cccc4[N+](=O)[O-])nc4ccccc4c3=O)cc2)cc1. The first-order valence-corrected chi connectivity index (χ1v) is 14.7. The number of halogens is 1. The number of nitrogens with zero attached hydrogens (tertiary/aromatic N) is 4. The van der Waals surface area contributed by atoms with Crippen molar-refractivity contribution in [1.82, 2.24) is 14.8 Å². The smallest absolute Gasteiger partial charge is 0.281 e. The van der Waals surface area contributed by atoms with Gasteiger partial charge in [0.05, 0.1) is 26.5 Å². The molecule has 0 bridgehead atoms. The van der Waals surface area contributed by atoms with E-state index >= 15 is 0 Å². The van der Waals surface area contributed by atoms with Gasteiger partial charge in [0.15, 0.2) is 5.82 Å². The number of H-pyrrole nitrogens is 1. The van der Waals surface area contributed by atoms with Gasteiger partial charge in [0.1, 0.15) is 5.56 Å². The topological polar surface area (TPSA) is 174 Å². The Morgan fingerprint density at radius 3 is 2.39 bits per heavy atom. The second-order valence-corrected chi connectivity index (χ2v) is 11.6. The molecule has 0 aliphatic heterocycles. The standard InChI is InChI=1S/C29H19ClN6O7S/c1-17-9-13-20(14-10-17)35-28(29(38)43-33-35)44(41,42)32-18-11-15-19(16-12-18)34-26(25-22(30)6-4-8-24(25)36(39)40)31-23-7-3-2-5-21(23)27(34)37/h2-16,32H,1H3/p+1. The lowest BCUT2D eigenvalue weighted by Crippen LogP contribution is -2.42. The van der Waals surface area contributed by atoms with E-state index in [2.05, 4.69) is 15.0 Å². The Bertz CT molecular complexity index is 2310. The van der Waals surface area contributed by atoms with Gasteiger partial charge in [0.2, 0.25) is 5.69 Å². The second-order valence-electron chi connectivity index (χ2n) is 9.59. The Hall–Kier alpha value is -5.60. The number of anilines is 1. The third-order valence-electron chi connectivity index (χ3n) is 6.72. The fourth-order valence-corrected chi connectivity index (χ4v) is 6.11. The summed E-state index contributed by atoms with van der Waals surface area (Å²) in [6, 6.07) is 22.9. The number of nitro benzene ring substituents is 1. The van der Waals surface area contributed by atoms with E-state index in [0.29, 0.717) is 11.2 Å². The van der Waals surface area contributed by atoms with E-state index in [1.165, 1.54) is 47.0 Å². The highest BCUT2D eigenvalue weighted by atomic mass is 35.5. The monoisotopic (exact) mass is 631 g/mol. The molecule has 6 rings (SSSR count). The maximum Gasteiger partial charge on any atom is 0.449 e. The predicted molar refractivity (Wildman–Crippen MR) is 161 cm³/mol. The summed E-state index contributed by atoms with van der Waals surface area (Å²) in [7, 11) is -4.47. The maximum atomic E-state index is 13.8. The Morgan fingerprint density at radius 1 is 0.977 bits per heavy atom. The number of aromatic amines is 1. The first kappa shape index (κ1) is 28.5. The average Bonchev–Trinajstić information content (AvgIpc) is 3.40. The highest BCUT2D eigenvalue weighted by molar-refractivity contribution is 7.92. The van der Waals surface area contributed by atoms with Crippen molar-refractivity contribution in [1.29, 1.82) is 0 Å². The Kier molecular flexibility index (Phi) is 7.07. The largest absolute Gasteiger partial charge is 0.449 e. The van der Waals surface area contributed by atoms with Crippen LogP contribution in [0.1, 0.15) is 5.56 Å². The van der Waals surface area contributed by atoms with Crippen molar-refractivity contribution >= 4 is 43.9 Å². The summed E-state index contributed by atoms with van der Waals surface area (Å²) in [6.45, 7) is 1.86. The van der Waals surface area contributed by atoms with Crippen molar-refractivity contribution in [3.05, 3.63) is 132 Å². The van der Waals surface area contributed by atoms with E-state index in [-0.39, 0.29) is 38.9 Å². The van der Waals surface area contributed by atoms with E-state index in [4.69, 9.17) is 16.1 Å². The maximum absolute atomic E-state index is 13.8. The molecular weight excluding hydrogens is 612 g/mol. The predicted octanol–water partition coefficient (Wildman–Crippen LogP) is 4.28.